The Kier molecular flexibility index (Phi) is 6.50. The molecule has 1 unspecified atom stereocenters. The normalized spacial score (nSPS) is 16.0. The smallest absolute Gasteiger partial charge is 0.0574 e. The summed E-state index contributed by atoms with van der Waals surface area (Å²) in [6.45, 7) is 8.93. The van der Waals surface area contributed by atoms with Crippen LogP contribution in [0.1, 0.15) is 71.0 Å². The van der Waals surface area contributed by atoms with Crippen molar-refractivity contribution in [3.8, 4) is 0 Å². The van der Waals surface area contributed by atoms with Gasteiger partial charge >= 0.3 is 0 Å². The maximum absolute atomic E-state index is 4.74. The van der Waals surface area contributed by atoms with Crippen LogP contribution in [0.3, 0.4) is 0 Å². The summed E-state index contributed by atoms with van der Waals surface area (Å²) in [4.78, 5) is 7.29. The van der Waals surface area contributed by atoms with E-state index in [0.29, 0.717) is 6.04 Å². The number of rotatable bonds is 10. The molecule has 3 heteroatoms. The van der Waals surface area contributed by atoms with Gasteiger partial charge in [-0.25, -0.2) is 0 Å². The van der Waals surface area contributed by atoms with Crippen molar-refractivity contribution in [3.63, 3.8) is 0 Å². The van der Waals surface area contributed by atoms with Crippen LogP contribution in [0.2, 0.25) is 0 Å². The van der Waals surface area contributed by atoms with E-state index in [2.05, 4.69) is 49.3 Å². The van der Waals surface area contributed by atoms with Crippen molar-refractivity contribution < 1.29 is 0 Å². The lowest BCUT2D eigenvalue weighted by molar-refractivity contribution is 0.507. The van der Waals surface area contributed by atoms with E-state index in [4.69, 9.17) is 4.98 Å². The van der Waals surface area contributed by atoms with Crippen LogP contribution in [0.25, 0.3) is 0 Å². The summed E-state index contributed by atoms with van der Waals surface area (Å²) in [5.41, 5.74) is 2.49. The summed E-state index contributed by atoms with van der Waals surface area (Å²) in [7, 11) is 0. The highest BCUT2D eigenvalue weighted by Gasteiger charge is 2.29. The first-order valence-electron chi connectivity index (χ1n) is 8.76. The molecule has 0 aromatic carbocycles. The molecule has 0 saturated heterocycles. The van der Waals surface area contributed by atoms with E-state index in [-0.39, 0.29) is 0 Å². The molecular formula is C18H31N3. The number of hydrogen-bond donors (Lipinski definition) is 1. The fourth-order valence-electron chi connectivity index (χ4n) is 2.79. The Hall–Kier alpha value is -1.09. The molecule has 0 aliphatic heterocycles. The lowest BCUT2D eigenvalue weighted by atomic mass is 10.1. The topological polar surface area (TPSA) is 28.2 Å². The molecule has 1 aliphatic carbocycles. The molecule has 0 radical (unpaired) electrons. The number of hydrogen-bond acceptors (Lipinski definition) is 3. The molecule has 0 bridgehead atoms. The van der Waals surface area contributed by atoms with Gasteiger partial charge in [-0.3, -0.25) is 4.98 Å². The predicted molar refractivity (Wildman–Crippen MR) is 90.8 cm³/mol. The highest BCUT2D eigenvalue weighted by Crippen LogP contribution is 2.32. The van der Waals surface area contributed by atoms with Gasteiger partial charge in [0.2, 0.25) is 0 Å². The van der Waals surface area contributed by atoms with Crippen molar-refractivity contribution in [1.82, 2.24) is 10.3 Å². The molecule has 0 amide bonds. The largest absolute Gasteiger partial charge is 0.367 e. The maximum Gasteiger partial charge on any atom is 0.0574 e. The molecule has 1 heterocycles. The zero-order valence-electron chi connectivity index (χ0n) is 13.9. The minimum absolute atomic E-state index is 0.393. The summed E-state index contributed by atoms with van der Waals surface area (Å²) in [5.74, 6) is 0. The minimum atomic E-state index is 0.393. The second-order valence-corrected chi connectivity index (χ2v) is 6.13. The van der Waals surface area contributed by atoms with Gasteiger partial charge in [0.05, 0.1) is 17.6 Å². The van der Waals surface area contributed by atoms with E-state index in [1.165, 1.54) is 50.0 Å². The highest BCUT2D eigenvalue weighted by molar-refractivity contribution is 5.47. The van der Waals surface area contributed by atoms with E-state index >= 15 is 0 Å². The average molecular weight is 289 g/mol. The van der Waals surface area contributed by atoms with E-state index in [1.807, 2.05) is 0 Å². The molecule has 21 heavy (non-hydrogen) atoms. The molecule has 1 aromatic rings. The van der Waals surface area contributed by atoms with Crippen LogP contribution in [0.5, 0.6) is 0 Å². The third-order valence-electron chi connectivity index (χ3n) is 4.25. The molecule has 1 N–H and O–H groups in total. The first kappa shape index (κ1) is 16.3. The monoisotopic (exact) mass is 289 g/mol. The predicted octanol–water partition coefficient (Wildman–Crippen LogP) is 4.30. The van der Waals surface area contributed by atoms with Gasteiger partial charge < -0.3 is 10.2 Å². The summed E-state index contributed by atoms with van der Waals surface area (Å²) < 4.78 is 0. The molecule has 1 fully saturated rings. The first-order valence-corrected chi connectivity index (χ1v) is 8.76. The maximum atomic E-state index is 4.74. The van der Waals surface area contributed by atoms with Crippen LogP contribution >= 0.6 is 0 Å². The first-order chi connectivity index (χ1) is 10.3. The molecule has 1 aromatic heterocycles. The number of unbranched alkanes of at least 4 members (excludes halogenated alkanes) is 1. The fourth-order valence-corrected chi connectivity index (χ4v) is 2.79. The van der Waals surface area contributed by atoms with Crippen molar-refractivity contribution in [2.75, 3.05) is 18.0 Å². The quantitative estimate of drug-likeness (QED) is 0.696. The van der Waals surface area contributed by atoms with E-state index in [0.717, 1.165) is 19.0 Å². The summed E-state index contributed by atoms with van der Waals surface area (Å²) in [5, 5.41) is 3.58. The van der Waals surface area contributed by atoms with Gasteiger partial charge in [0.1, 0.15) is 0 Å². The SMILES string of the molecule is CCCCN(c1ccc(C(CC)NCCC)nc1)C1CC1. The second kappa shape index (κ2) is 8.38. The Bertz CT molecular complexity index is 397. The van der Waals surface area contributed by atoms with Gasteiger partial charge in [0, 0.05) is 18.6 Å². The zero-order chi connectivity index (χ0) is 15.1. The Morgan fingerprint density at radius 2 is 2.05 bits per heavy atom. The lowest BCUT2D eigenvalue weighted by Gasteiger charge is -2.25. The van der Waals surface area contributed by atoms with Gasteiger partial charge in [-0.05, 0) is 50.8 Å². The molecule has 2 rings (SSSR count). The molecule has 3 nitrogen and oxygen atoms in total. The van der Waals surface area contributed by atoms with Crippen LogP contribution in [0.4, 0.5) is 5.69 Å². The van der Waals surface area contributed by atoms with Gasteiger partial charge in [0.15, 0.2) is 0 Å². The average Bonchev–Trinajstić information content (AvgIpc) is 3.34. The van der Waals surface area contributed by atoms with Gasteiger partial charge in [-0.15, -0.1) is 0 Å². The highest BCUT2D eigenvalue weighted by atomic mass is 15.2. The third kappa shape index (κ3) is 4.70. The Labute approximate surface area is 130 Å². The Morgan fingerprint density at radius 3 is 2.57 bits per heavy atom. The van der Waals surface area contributed by atoms with Crippen molar-refractivity contribution in [3.05, 3.63) is 24.0 Å². The van der Waals surface area contributed by atoms with Crippen molar-refractivity contribution in [2.45, 2.75) is 71.4 Å². The van der Waals surface area contributed by atoms with Crippen LogP contribution in [-0.4, -0.2) is 24.1 Å². The molecule has 1 aliphatic rings. The summed E-state index contributed by atoms with van der Waals surface area (Å²) >= 11 is 0. The van der Waals surface area contributed by atoms with Crippen LogP contribution < -0.4 is 10.2 Å². The lowest BCUT2D eigenvalue weighted by Crippen LogP contribution is -2.27. The number of nitrogens with one attached hydrogen (secondary N) is 1. The van der Waals surface area contributed by atoms with E-state index < -0.39 is 0 Å². The standard InChI is InChI=1S/C18H31N3/c1-4-7-13-21(15-8-9-15)16-10-11-18(20-14-16)17(6-3)19-12-5-2/h10-11,14-15,17,19H,4-9,12-13H2,1-3H3. The third-order valence-corrected chi connectivity index (χ3v) is 4.25. The van der Waals surface area contributed by atoms with Gasteiger partial charge in [-0.1, -0.05) is 27.2 Å². The fraction of sp³-hybridized carbons (Fsp3) is 0.722. The number of aromatic nitrogens is 1. The van der Waals surface area contributed by atoms with Gasteiger partial charge in [0.25, 0.3) is 0 Å². The molecule has 1 atom stereocenters. The summed E-state index contributed by atoms with van der Waals surface area (Å²) in [6, 6.07) is 5.65. The minimum Gasteiger partial charge on any atom is -0.367 e. The number of anilines is 1. The van der Waals surface area contributed by atoms with Crippen LogP contribution in [0, 0.1) is 0 Å². The van der Waals surface area contributed by atoms with Gasteiger partial charge in [-0.2, -0.15) is 0 Å². The van der Waals surface area contributed by atoms with Crippen molar-refractivity contribution >= 4 is 5.69 Å². The van der Waals surface area contributed by atoms with E-state index in [1.54, 1.807) is 0 Å². The van der Waals surface area contributed by atoms with Crippen LogP contribution in [0.15, 0.2) is 18.3 Å². The Balaban J connectivity index is 2.02. The van der Waals surface area contributed by atoms with E-state index in [9.17, 15) is 0 Å². The van der Waals surface area contributed by atoms with Crippen LogP contribution in [-0.2, 0) is 0 Å². The molecule has 1 saturated carbocycles. The zero-order valence-corrected chi connectivity index (χ0v) is 13.9. The molecular weight excluding hydrogens is 258 g/mol. The summed E-state index contributed by atoms with van der Waals surface area (Å²) in [6.07, 6.45) is 9.57. The molecule has 118 valence electrons. The second-order valence-electron chi connectivity index (χ2n) is 6.13. The van der Waals surface area contributed by atoms with Crippen molar-refractivity contribution in [1.29, 1.82) is 0 Å². The molecule has 0 spiro atoms. The Morgan fingerprint density at radius 1 is 1.24 bits per heavy atom. The number of nitrogens with zero attached hydrogens (tertiary/aromatic N) is 2. The van der Waals surface area contributed by atoms with Crippen molar-refractivity contribution in [2.24, 2.45) is 0 Å². The number of pyridine rings is 1.